The number of benzene rings is 1. The number of rotatable bonds is 4. The Hall–Kier alpha value is -3.52. The molecule has 0 aliphatic carbocycles. The van der Waals surface area contributed by atoms with E-state index in [0.29, 0.717) is 28.8 Å². The van der Waals surface area contributed by atoms with Crippen LogP contribution in [-0.2, 0) is 0 Å². The van der Waals surface area contributed by atoms with E-state index >= 15 is 0 Å². The standard InChI is InChI=1S/C22H22N6O2/c1-28-9-2-3-15(13-28)25-21-18-12-23-7-6-16(18)20(26-27-21)17-5-4-14(11-19(17)29)22-24-8-10-30-22/h4-8,10-12,15,29H,2-3,9,13H2,1H3,(H,25,27)/t15-/m0/s1. The second-order valence-corrected chi connectivity index (χ2v) is 7.63. The van der Waals surface area contributed by atoms with Gasteiger partial charge in [-0.05, 0) is 50.7 Å². The van der Waals surface area contributed by atoms with Gasteiger partial charge in [0.2, 0.25) is 5.89 Å². The number of nitrogens with one attached hydrogen (secondary N) is 1. The van der Waals surface area contributed by atoms with Crippen LogP contribution in [-0.4, -0.2) is 56.4 Å². The number of hydrogen-bond acceptors (Lipinski definition) is 8. The summed E-state index contributed by atoms with van der Waals surface area (Å²) in [5.74, 6) is 1.26. The van der Waals surface area contributed by atoms with Crippen LogP contribution in [0.2, 0.25) is 0 Å². The van der Waals surface area contributed by atoms with Gasteiger partial charge in [-0.25, -0.2) is 4.98 Å². The molecule has 8 nitrogen and oxygen atoms in total. The van der Waals surface area contributed by atoms with Gasteiger partial charge in [-0.15, -0.1) is 10.2 Å². The van der Waals surface area contributed by atoms with Crippen LogP contribution in [0.3, 0.4) is 0 Å². The Balaban J connectivity index is 1.53. The highest BCUT2D eigenvalue weighted by molar-refractivity contribution is 6.00. The molecular formula is C22H22N6O2. The number of anilines is 1. The zero-order valence-electron chi connectivity index (χ0n) is 16.6. The van der Waals surface area contributed by atoms with E-state index in [1.54, 1.807) is 24.7 Å². The lowest BCUT2D eigenvalue weighted by molar-refractivity contribution is 0.261. The van der Waals surface area contributed by atoms with Crippen molar-refractivity contribution in [1.29, 1.82) is 0 Å². The molecule has 5 rings (SSSR count). The summed E-state index contributed by atoms with van der Waals surface area (Å²) in [6.07, 6.45) is 8.84. The average Bonchev–Trinajstić information content (AvgIpc) is 3.29. The molecule has 1 aliphatic heterocycles. The number of piperidine rings is 1. The van der Waals surface area contributed by atoms with Gasteiger partial charge in [-0.1, -0.05) is 0 Å². The number of nitrogens with zero attached hydrogens (tertiary/aromatic N) is 5. The first-order valence-corrected chi connectivity index (χ1v) is 9.98. The van der Waals surface area contributed by atoms with Crippen LogP contribution in [0.4, 0.5) is 5.82 Å². The maximum absolute atomic E-state index is 10.7. The topological polar surface area (TPSA) is 100 Å². The first-order chi connectivity index (χ1) is 14.7. The highest BCUT2D eigenvalue weighted by Crippen LogP contribution is 2.36. The summed E-state index contributed by atoms with van der Waals surface area (Å²) in [5.41, 5.74) is 1.90. The lowest BCUT2D eigenvalue weighted by atomic mass is 10.0. The quantitative estimate of drug-likeness (QED) is 0.534. The van der Waals surface area contributed by atoms with Crippen molar-refractivity contribution in [2.45, 2.75) is 18.9 Å². The Kier molecular flexibility index (Phi) is 4.76. The molecule has 4 aromatic rings. The zero-order chi connectivity index (χ0) is 20.5. The molecule has 2 N–H and O–H groups in total. The average molecular weight is 402 g/mol. The minimum atomic E-state index is 0.0905. The minimum Gasteiger partial charge on any atom is -0.507 e. The van der Waals surface area contributed by atoms with Gasteiger partial charge >= 0.3 is 0 Å². The predicted molar refractivity (Wildman–Crippen MR) is 114 cm³/mol. The largest absolute Gasteiger partial charge is 0.507 e. The molecule has 30 heavy (non-hydrogen) atoms. The van der Waals surface area contributed by atoms with E-state index in [4.69, 9.17) is 4.42 Å². The fraction of sp³-hybridized carbons (Fsp3) is 0.273. The molecule has 1 fully saturated rings. The molecule has 0 saturated carbocycles. The number of phenolic OH excluding ortho intramolecular Hbond substituents is 1. The van der Waals surface area contributed by atoms with Crippen molar-refractivity contribution in [3.05, 3.63) is 49.1 Å². The Morgan fingerprint density at radius 1 is 1.17 bits per heavy atom. The third-order valence-electron chi connectivity index (χ3n) is 5.48. The molecule has 3 aromatic heterocycles. The van der Waals surface area contributed by atoms with E-state index in [-0.39, 0.29) is 5.75 Å². The van der Waals surface area contributed by atoms with Crippen LogP contribution in [0.5, 0.6) is 5.75 Å². The van der Waals surface area contributed by atoms with Gasteiger partial charge in [0, 0.05) is 46.9 Å². The van der Waals surface area contributed by atoms with E-state index in [0.717, 1.165) is 42.5 Å². The number of likely N-dealkylation sites (N-methyl/N-ethyl adjacent to an activating group) is 1. The molecule has 1 aromatic carbocycles. The van der Waals surface area contributed by atoms with E-state index in [2.05, 4.69) is 37.4 Å². The summed E-state index contributed by atoms with van der Waals surface area (Å²) in [5, 5.41) is 24.9. The van der Waals surface area contributed by atoms with E-state index in [1.165, 1.54) is 6.26 Å². The highest BCUT2D eigenvalue weighted by Gasteiger charge is 2.20. The van der Waals surface area contributed by atoms with E-state index < -0.39 is 0 Å². The van der Waals surface area contributed by atoms with Gasteiger partial charge in [0.15, 0.2) is 5.82 Å². The number of fused-ring (bicyclic) bond motifs is 1. The Morgan fingerprint density at radius 2 is 2.10 bits per heavy atom. The first-order valence-electron chi connectivity index (χ1n) is 9.98. The fourth-order valence-corrected chi connectivity index (χ4v) is 4.01. The van der Waals surface area contributed by atoms with Crippen molar-refractivity contribution in [3.8, 4) is 28.5 Å². The highest BCUT2D eigenvalue weighted by atomic mass is 16.3. The van der Waals surface area contributed by atoms with Gasteiger partial charge in [-0.3, -0.25) is 4.98 Å². The first kappa shape index (κ1) is 18.5. The van der Waals surface area contributed by atoms with Crippen molar-refractivity contribution >= 4 is 16.6 Å². The van der Waals surface area contributed by atoms with Gasteiger partial charge < -0.3 is 19.7 Å². The number of oxazole rings is 1. The van der Waals surface area contributed by atoms with Crippen LogP contribution in [0, 0.1) is 0 Å². The molecule has 4 heterocycles. The van der Waals surface area contributed by atoms with Crippen LogP contribution >= 0.6 is 0 Å². The number of aromatic hydroxyl groups is 1. The maximum atomic E-state index is 10.7. The molecule has 0 radical (unpaired) electrons. The molecule has 0 spiro atoms. The number of pyridine rings is 1. The second-order valence-electron chi connectivity index (χ2n) is 7.63. The Labute approximate surface area is 173 Å². The number of phenols is 1. The van der Waals surface area contributed by atoms with Crippen LogP contribution in [0.25, 0.3) is 33.5 Å². The molecule has 1 saturated heterocycles. The van der Waals surface area contributed by atoms with Gasteiger partial charge in [0.25, 0.3) is 0 Å². The van der Waals surface area contributed by atoms with Crippen molar-refractivity contribution in [1.82, 2.24) is 25.1 Å². The minimum absolute atomic E-state index is 0.0905. The third-order valence-corrected chi connectivity index (χ3v) is 5.48. The second kappa shape index (κ2) is 7.72. The smallest absolute Gasteiger partial charge is 0.225 e. The summed E-state index contributed by atoms with van der Waals surface area (Å²) in [6, 6.07) is 7.50. The number of hydrogen-bond donors (Lipinski definition) is 2. The van der Waals surface area contributed by atoms with Gasteiger partial charge in [-0.2, -0.15) is 0 Å². The van der Waals surface area contributed by atoms with Crippen molar-refractivity contribution in [2.75, 3.05) is 25.5 Å². The van der Waals surface area contributed by atoms with Crippen molar-refractivity contribution in [3.63, 3.8) is 0 Å². The number of likely N-dealkylation sites (tertiary alicyclic amines) is 1. The predicted octanol–water partition coefficient (Wildman–Crippen LogP) is 3.56. The zero-order valence-corrected chi connectivity index (χ0v) is 16.6. The van der Waals surface area contributed by atoms with Crippen molar-refractivity contribution in [2.24, 2.45) is 0 Å². The van der Waals surface area contributed by atoms with Crippen LogP contribution < -0.4 is 5.32 Å². The van der Waals surface area contributed by atoms with E-state index in [9.17, 15) is 5.11 Å². The molecule has 1 atom stereocenters. The summed E-state index contributed by atoms with van der Waals surface area (Å²) in [6.45, 7) is 2.09. The molecular weight excluding hydrogens is 380 g/mol. The Bertz CT molecular complexity index is 1180. The van der Waals surface area contributed by atoms with E-state index in [1.807, 2.05) is 18.2 Å². The van der Waals surface area contributed by atoms with Gasteiger partial charge in [0.1, 0.15) is 17.7 Å². The molecule has 1 aliphatic rings. The van der Waals surface area contributed by atoms with Crippen molar-refractivity contribution < 1.29 is 9.52 Å². The Morgan fingerprint density at radius 3 is 2.90 bits per heavy atom. The molecule has 152 valence electrons. The molecule has 0 bridgehead atoms. The summed E-state index contributed by atoms with van der Waals surface area (Å²) in [7, 11) is 2.13. The summed E-state index contributed by atoms with van der Waals surface area (Å²) < 4.78 is 5.32. The maximum Gasteiger partial charge on any atom is 0.225 e. The summed E-state index contributed by atoms with van der Waals surface area (Å²) in [4.78, 5) is 10.7. The van der Waals surface area contributed by atoms with Crippen LogP contribution in [0.1, 0.15) is 12.8 Å². The lowest BCUT2D eigenvalue weighted by Gasteiger charge is -2.30. The monoisotopic (exact) mass is 402 g/mol. The van der Waals surface area contributed by atoms with Gasteiger partial charge in [0.05, 0.1) is 6.20 Å². The fourth-order valence-electron chi connectivity index (χ4n) is 4.01. The number of aromatic nitrogens is 4. The normalized spacial score (nSPS) is 17.3. The third kappa shape index (κ3) is 3.46. The summed E-state index contributed by atoms with van der Waals surface area (Å²) >= 11 is 0. The van der Waals surface area contributed by atoms with Crippen LogP contribution in [0.15, 0.2) is 53.5 Å². The molecule has 8 heteroatoms. The lowest BCUT2D eigenvalue weighted by Crippen LogP contribution is -2.40. The molecule has 0 unspecified atom stereocenters. The molecule has 0 amide bonds. The SMILES string of the molecule is CN1CCC[C@H](Nc2nnc(-c3ccc(-c4ncco4)cc3O)c3ccncc23)C1.